The smallest absolute Gasteiger partial charge is 0.407 e. The zero-order valence-electron chi connectivity index (χ0n) is 11.4. The summed E-state index contributed by atoms with van der Waals surface area (Å²) in [5, 5.41) is 13.0. The maximum absolute atomic E-state index is 11.6. The molecule has 0 aromatic carbocycles. The number of carbonyl (C=O) groups is 1. The first-order valence-corrected chi connectivity index (χ1v) is 6.36. The van der Waals surface area contributed by atoms with Crippen molar-refractivity contribution >= 4 is 12.1 Å². The summed E-state index contributed by atoms with van der Waals surface area (Å²) in [4.78, 5) is 11.6. The van der Waals surface area contributed by atoms with E-state index < -0.39 is 5.60 Å². The zero-order chi connectivity index (χ0) is 13.8. The Morgan fingerprint density at radius 2 is 1.61 bits per heavy atom. The van der Waals surface area contributed by atoms with Crippen molar-refractivity contribution in [1.82, 2.24) is 10.6 Å². The van der Waals surface area contributed by atoms with Crippen molar-refractivity contribution in [2.24, 2.45) is 5.73 Å². The number of hydrogen-bond donors (Lipinski definition) is 4. The predicted octanol–water partition coefficient (Wildman–Crippen LogP) is 1.31. The molecular weight excluding hydrogens is 232 g/mol. The van der Waals surface area contributed by atoms with Crippen LogP contribution < -0.4 is 16.4 Å². The molecule has 0 aliphatic heterocycles. The number of ether oxygens (including phenoxy) is 1. The molecule has 6 nitrogen and oxygen atoms in total. The van der Waals surface area contributed by atoms with Crippen LogP contribution in [0.15, 0.2) is 0 Å². The third kappa shape index (κ3) is 5.75. The topological polar surface area (TPSA) is 100 Å². The molecule has 1 aliphatic carbocycles. The summed E-state index contributed by atoms with van der Waals surface area (Å²) in [6, 6.07) is 0.407. The van der Waals surface area contributed by atoms with Gasteiger partial charge in [-0.1, -0.05) is 0 Å². The van der Waals surface area contributed by atoms with Crippen molar-refractivity contribution in [2.75, 3.05) is 0 Å². The standard InChI is InChI=1S/C12H24N4O2/c1-12(2,3)18-11(17)16-9-6-4-8(5-7-9)15-10(13)14/h8-9H,4-7H2,1-3H3,(H,16,17)(H4,13,14,15)/t8-,9+. The summed E-state index contributed by atoms with van der Waals surface area (Å²) in [5.74, 6) is 0.0125. The van der Waals surface area contributed by atoms with E-state index in [1.54, 1.807) is 0 Å². The number of carbonyl (C=O) groups excluding carboxylic acids is 1. The fourth-order valence-electron chi connectivity index (χ4n) is 2.08. The number of hydrogen-bond acceptors (Lipinski definition) is 3. The Labute approximate surface area is 108 Å². The van der Waals surface area contributed by atoms with Gasteiger partial charge in [0.05, 0.1) is 0 Å². The van der Waals surface area contributed by atoms with Gasteiger partial charge in [0.15, 0.2) is 5.96 Å². The summed E-state index contributed by atoms with van der Waals surface area (Å²) in [5.41, 5.74) is 4.83. The summed E-state index contributed by atoms with van der Waals surface area (Å²) in [6.45, 7) is 5.54. The minimum atomic E-state index is -0.461. The van der Waals surface area contributed by atoms with Crippen LogP contribution >= 0.6 is 0 Å². The first-order chi connectivity index (χ1) is 8.26. The van der Waals surface area contributed by atoms with Crippen LogP contribution in [-0.4, -0.2) is 29.7 Å². The van der Waals surface area contributed by atoms with Gasteiger partial charge >= 0.3 is 6.09 Å². The average Bonchev–Trinajstić information content (AvgIpc) is 2.17. The Kier molecular flexibility index (Phi) is 4.81. The van der Waals surface area contributed by atoms with Gasteiger partial charge in [-0.25, -0.2) is 4.79 Å². The summed E-state index contributed by atoms with van der Waals surface area (Å²) >= 11 is 0. The van der Waals surface area contributed by atoms with E-state index in [9.17, 15) is 4.79 Å². The van der Waals surface area contributed by atoms with Crippen LogP contribution in [0.5, 0.6) is 0 Å². The molecule has 0 atom stereocenters. The highest BCUT2D eigenvalue weighted by Crippen LogP contribution is 2.19. The van der Waals surface area contributed by atoms with Gasteiger partial charge in [0.2, 0.25) is 0 Å². The van der Waals surface area contributed by atoms with Crippen molar-refractivity contribution in [3.63, 3.8) is 0 Å². The van der Waals surface area contributed by atoms with Crippen LogP contribution in [-0.2, 0) is 4.74 Å². The number of nitrogens with two attached hydrogens (primary N) is 1. The van der Waals surface area contributed by atoms with Crippen molar-refractivity contribution in [1.29, 1.82) is 5.41 Å². The highest BCUT2D eigenvalue weighted by Gasteiger charge is 2.24. The molecule has 104 valence electrons. The van der Waals surface area contributed by atoms with Gasteiger partial charge in [-0.3, -0.25) is 5.41 Å². The van der Waals surface area contributed by atoms with Crippen LogP contribution in [0, 0.1) is 5.41 Å². The molecule has 18 heavy (non-hydrogen) atoms. The van der Waals surface area contributed by atoms with Gasteiger partial charge in [-0.05, 0) is 46.5 Å². The number of amides is 1. The second kappa shape index (κ2) is 5.93. The second-order valence-electron chi connectivity index (χ2n) is 5.75. The van der Waals surface area contributed by atoms with Gasteiger partial charge in [0.25, 0.3) is 0 Å². The van der Waals surface area contributed by atoms with Crippen LogP contribution in [0.3, 0.4) is 0 Å². The Morgan fingerprint density at radius 3 is 2.00 bits per heavy atom. The summed E-state index contributed by atoms with van der Waals surface area (Å²) in [7, 11) is 0. The molecule has 0 spiro atoms. The number of guanidine groups is 1. The number of alkyl carbamates (subject to hydrolysis) is 1. The molecule has 1 amide bonds. The molecule has 0 radical (unpaired) electrons. The lowest BCUT2D eigenvalue weighted by Gasteiger charge is -2.30. The lowest BCUT2D eigenvalue weighted by molar-refractivity contribution is 0.0490. The predicted molar refractivity (Wildman–Crippen MR) is 70.5 cm³/mol. The molecule has 0 bridgehead atoms. The normalized spacial score (nSPS) is 24.2. The van der Waals surface area contributed by atoms with Crippen molar-refractivity contribution in [3.05, 3.63) is 0 Å². The highest BCUT2D eigenvalue weighted by molar-refractivity contribution is 5.74. The second-order valence-corrected chi connectivity index (χ2v) is 5.75. The fourth-order valence-corrected chi connectivity index (χ4v) is 2.08. The lowest BCUT2D eigenvalue weighted by Crippen LogP contribution is -2.46. The van der Waals surface area contributed by atoms with E-state index >= 15 is 0 Å². The molecular formula is C12H24N4O2. The molecule has 0 unspecified atom stereocenters. The molecule has 0 aromatic heterocycles. The van der Waals surface area contributed by atoms with Crippen LogP contribution in [0.4, 0.5) is 4.79 Å². The Balaban J connectivity index is 2.27. The maximum Gasteiger partial charge on any atom is 0.407 e. The molecule has 6 heteroatoms. The van der Waals surface area contributed by atoms with E-state index in [0.717, 1.165) is 25.7 Å². The Hall–Kier alpha value is -1.46. The third-order valence-electron chi connectivity index (χ3n) is 2.81. The summed E-state index contributed by atoms with van der Waals surface area (Å²) < 4.78 is 5.21. The van der Waals surface area contributed by atoms with Gasteiger partial charge in [-0.2, -0.15) is 0 Å². The first kappa shape index (κ1) is 14.6. The molecule has 0 heterocycles. The largest absolute Gasteiger partial charge is 0.444 e. The van der Waals surface area contributed by atoms with E-state index in [4.69, 9.17) is 15.9 Å². The van der Waals surface area contributed by atoms with Crippen LogP contribution in [0.2, 0.25) is 0 Å². The number of nitrogens with one attached hydrogen (secondary N) is 3. The van der Waals surface area contributed by atoms with Crippen molar-refractivity contribution in [3.8, 4) is 0 Å². The molecule has 1 rings (SSSR count). The first-order valence-electron chi connectivity index (χ1n) is 6.36. The van der Waals surface area contributed by atoms with E-state index in [2.05, 4.69) is 10.6 Å². The van der Waals surface area contributed by atoms with Gasteiger partial charge in [-0.15, -0.1) is 0 Å². The lowest BCUT2D eigenvalue weighted by atomic mass is 9.91. The fraction of sp³-hybridized carbons (Fsp3) is 0.833. The van der Waals surface area contributed by atoms with E-state index in [-0.39, 0.29) is 24.1 Å². The van der Waals surface area contributed by atoms with Crippen molar-refractivity contribution < 1.29 is 9.53 Å². The Bertz CT molecular complexity index is 304. The average molecular weight is 256 g/mol. The minimum absolute atomic E-state index is 0.0125. The molecule has 1 fully saturated rings. The third-order valence-corrected chi connectivity index (χ3v) is 2.81. The molecule has 1 aliphatic rings. The van der Waals surface area contributed by atoms with Gasteiger partial charge in [0.1, 0.15) is 5.60 Å². The Morgan fingerprint density at radius 1 is 1.17 bits per heavy atom. The SMILES string of the molecule is CC(C)(C)OC(=O)N[C@H]1CC[C@@H](NC(=N)N)CC1. The minimum Gasteiger partial charge on any atom is -0.444 e. The van der Waals surface area contributed by atoms with Gasteiger partial charge in [0, 0.05) is 12.1 Å². The maximum atomic E-state index is 11.6. The van der Waals surface area contributed by atoms with E-state index in [0.29, 0.717) is 0 Å². The monoisotopic (exact) mass is 256 g/mol. The van der Waals surface area contributed by atoms with E-state index in [1.165, 1.54) is 0 Å². The summed E-state index contributed by atoms with van der Waals surface area (Å²) in [6.07, 6.45) is 3.21. The van der Waals surface area contributed by atoms with E-state index in [1.807, 2.05) is 20.8 Å². The molecule has 0 saturated heterocycles. The molecule has 1 saturated carbocycles. The molecule has 5 N–H and O–H groups in total. The quantitative estimate of drug-likeness (QED) is 0.442. The van der Waals surface area contributed by atoms with Crippen molar-refractivity contribution in [2.45, 2.75) is 64.1 Å². The number of rotatable bonds is 2. The highest BCUT2D eigenvalue weighted by atomic mass is 16.6. The molecule has 0 aromatic rings. The van der Waals surface area contributed by atoms with Crippen LogP contribution in [0.1, 0.15) is 46.5 Å². The zero-order valence-corrected chi connectivity index (χ0v) is 11.4. The van der Waals surface area contributed by atoms with Crippen LogP contribution in [0.25, 0.3) is 0 Å². The van der Waals surface area contributed by atoms with Gasteiger partial charge < -0.3 is 21.1 Å².